The van der Waals surface area contributed by atoms with E-state index in [0.717, 1.165) is 19.3 Å². The summed E-state index contributed by atoms with van der Waals surface area (Å²) >= 11 is 0. The molecule has 0 aliphatic heterocycles. The van der Waals surface area contributed by atoms with E-state index >= 15 is 0 Å². The maximum Gasteiger partial charge on any atom is 0.127 e. The molecule has 0 N–H and O–H groups in total. The molecule has 1 aliphatic carbocycles. The second kappa shape index (κ2) is 7.14. The minimum absolute atomic E-state index is 0.0260. The van der Waals surface area contributed by atoms with Gasteiger partial charge in [0.25, 0.3) is 0 Å². The van der Waals surface area contributed by atoms with Crippen LogP contribution in [0.1, 0.15) is 33.1 Å². The van der Waals surface area contributed by atoms with Crippen molar-refractivity contribution in [3.63, 3.8) is 0 Å². The molecule has 4 nitrogen and oxygen atoms in total. The van der Waals surface area contributed by atoms with Crippen molar-refractivity contribution in [3.8, 4) is 0 Å². The van der Waals surface area contributed by atoms with Crippen molar-refractivity contribution < 1.29 is 18.9 Å². The molecule has 4 heteroatoms. The summed E-state index contributed by atoms with van der Waals surface area (Å²) in [5.41, 5.74) is -0.634. The van der Waals surface area contributed by atoms with E-state index in [9.17, 15) is 0 Å². The van der Waals surface area contributed by atoms with Gasteiger partial charge < -0.3 is 18.9 Å². The van der Waals surface area contributed by atoms with Gasteiger partial charge in [0.05, 0.1) is 12.5 Å². The van der Waals surface area contributed by atoms with Gasteiger partial charge in [-0.05, 0) is 39.0 Å². The van der Waals surface area contributed by atoms with Gasteiger partial charge in [0, 0.05) is 14.2 Å². The number of rotatable bonds is 8. The van der Waals surface area contributed by atoms with Gasteiger partial charge in [-0.15, -0.1) is 0 Å². The highest BCUT2D eigenvalue weighted by atomic mass is 16.5. The maximum absolute atomic E-state index is 5.71. The third kappa shape index (κ3) is 3.55. The van der Waals surface area contributed by atoms with Crippen molar-refractivity contribution in [2.75, 3.05) is 20.8 Å². The Bertz CT molecular complexity index is 330. The molecule has 4 atom stereocenters. The molecule has 0 saturated heterocycles. The van der Waals surface area contributed by atoms with Gasteiger partial charge in [-0.2, -0.15) is 0 Å². The van der Waals surface area contributed by atoms with Gasteiger partial charge in [0.1, 0.15) is 23.9 Å². The van der Waals surface area contributed by atoms with Crippen LogP contribution in [-0.4, -0.2) is 38.1 Å². The van der Waals surface area contributed by atoms with Crippen LogP contribution in [0, 0.1) is 5.92 Å². The first kappa shape index (κ1) is 17.1. The normalized spacial score (nSPS) is 33.0. The standard InChI is InChI=1S/C16H28O4/c1-7-19-12-16(4,18-6)13-9-10-15(3,17-5)14(11-13)20-8-2/h7-8,13-14H,1-2,9-12H2,3-6H3. The fourth-order valence-electron chi connectivity index (χ4n) is 2.92. The van der Waals surface area contributed by atoms with Gasteiger partial charge in [-0.25, -0.2) is 0 Å². The van der Waals surface area contributed by atoms with Crippen molar-refractivity contribution in [3.05, 3.63) is 25.7 Å². The van der Waals surface area contributed by atoms with Crippen LogP contribution in [0.3, 0.4) is 0 Å². The van der Waals surface area contributed by atoms with E-state index in [0.29, 0.717) is 12.5 Å². The Balaban J connectivity index is 2.83. The Morgan fingerprint density at radius 1 is 1.30 bits per heavy atom. The van der Waals surface area contributed by atoms with Crippen LogP contribution < -0.4 is 0 Å². The third-order valence-electron chi connectivity index (χ3n) is 4.71. The molecule has 4 unspecified atom stereocenters. The molecule has 0 spiro atoms. The number of hydrogen-bond acceptors (Lipinski definition) is 4. The molecule has 0 amide bonds. The van der Waals surface area contributed by atoms with Gasteiger partial charge in [0.15, 0.2) is 0 Å². The molecule has 1 rings (SSSR count). The van der Waals surface area contributed by atoms with E-state index in [-0.39, 0.29) is 17.3 Å². The topological polar surface area (TPSA) is 36.9 Å². The zero-order valence-corrected chi connectivity index (χ0v) is 13.2. The Kier molecular flexibility index (Phi) is 6.08. The Labute approximate surface area is 122 Å². The average Bonchev–Trinajstić information content (AvgIpc) is 2.47. The van der Waals surface area contributed by atoms with Crippen LogP contribution >= 0.6 is 0 Å². The molecule has 0 aromatic carbocycles. The lowest BCUT2D eigenvalue weighted by Gasteiger charge is -2.47. The van der Waals surface area contributed by atoms with Gasteiger partial charge >= 0.3 is 0 Å². The first-order chi connectivity index (χ1) is 9.45. The Morgan fingerprint density at radius 2 is 2.00 bits per heavy atom. The molecule has 1 aliphatic rings. The molecular formula is C16H28O4. The predicted molar refractivity (Wildman–Crippen MR) is 79.4 cm³/mol. The lowest BCUT2D eigenvalue weighted by Crippen LogP contribution is -2.53. The van der Waals surface area contributed by atoms with Gasteiger partial charge in [-0.1, -0.05) is 13.2 Å². The fraction of sp³-hybridized carbons (Fsp3) is 0.750. The van der Waals surface area contributed by atoms with Crippen LogP contribution in [0.5, 0.6) is 0 Å². The minimum atomic E-state index is -0.355. The molecule has 20 heavy (non-hydrogen) atoms. The molecule has 0 aromatic heterocycles. The summed E-state index contributed by atoms with van der Waals surface area (Å²) in [4.78, 5) is 0. The maximum atomic E-state index is 5.71. The second-order valence-corrected chi connectivity index (χ2v) is 5.77. The van der Waals surface area contributed by atoms with Crippen molar-refractivity contribution in [2.24, 2.45) is 5.92 Å². The van der Waals surface area contributed by atoms with E-state index in [4.69, 9.17) is 18.9 Å². The summed E-state index contributed by atoms with van der Waals surface area (Å²) in [5, 5.41) is 0. The summed E-state index contributed by atoms with van der Waals surface area (Å²) in [6.07, 6.45) is 5.70. The highest BCUT2D eigenvalue weighted by molar-refractivity contribution is 4.98. The van der Waals surface area contributed by atoms with E-state index in [2.05, 4.69) is 27.0 Å². The van der Waals surface area contributed by atoms with E-state index in [1.165, 1.54) is 12.5 Å². The van der Waals surface area contributed by atoms with Crippen LogP contribution in [-0.2, 0) is 18.9 Å². The number of hydrogen-bond donors (Lipinski definition) is 0. The molecule has 1 saturated carbocycles. The van der Waals surface area contributed by atoms with Crippen LogP contribution in [0.15, 0.2) is 25.7 Å². The molecule has 116 valence electrons. The quantitative estimate of drug-likeness (QED) is 0.641. The summed E-state index contributed by atoms with van der Waals surface area (Å²) in [6, 6.07) is 0. The third-order valence-corrected chi connectivity index (χ3v) is 4.71. The largest absolute Gasteiger partial charge is 0.499 e. The van der Waals surface area contributed by atoms with Crippen LogP contribution in [0.2, 0.25) is 0 Å². The van der Waals surface area contributed by atoms with Crippen molar-refractivity contribution in [1.82, 2.24) is 0 Å². The predicted octanol–water partition coefficient (Wildman–Crippen LogP) is 3.29. The molecular weight excluding hydrogens is 256 g/mol. The highest BCUT2D eigenvalue weighted by Crippen LogP contribution is 2.42. The molecule has 0 bridgehead atoms. The van der Waals surface area contributed by atoms with Crippen LogP contribution in [0.25, 0.3) is 0 Å². The lowest BCUT2D eigenvalue weighted by molar-refractivity contribution is -0.163. The summed E-state index contributed by atoms with van der Waals surface area (Å²) in [6.45, 7) is 11.9. The second-order valence-electron chi connectivity index (χ2n) is 5.77. The van der Waals surface area contributed by atoms with E-state index in [1.807, 2.05) is 0 Å². The van der Waals surface area contributed by atoms with E-state index in [1.54, 1.807) is 14.2 Å². The summed E-state index contributed by atoms with van der Waals surface area (Å²) in [7, 11) is 3.45. The highest BCUT2D eigenvalue weighted by Gasteiger charge is 2.47. The minimum Gasteiger partial charge on any atom is -0.499 e. The first-order valence-corrected chi connectivity index (χ1v) is 7.05. The fourth-order valence-corrected chi connectivity index (χ4v) is 2.92. The lowest BCUT2D eigenvalue weighted by atomic mass is 9.71. The van der Waals surface area contributed by atoms with Crippen LogP contribution in [0.4, 0.5) is 0 Å². The number of ether oxygens (including phenoxy) is 4. The van der Waals surface area contributed by atoms with Gasteiger partial charge in [0.2, 0.25) is 0 Å². The average molecular weight is 284 g/mol. The SMILES string of the molecule is C=COCC(C)(OC)C1CCC(C)(OC)C(OC=C)C1. The number of methoxy groups -OCH3 is 2. The summed E-state index contributed by atoms with van der Waals surface area (Å²) < 4.78 is 22.4. The molecule has 0 heterocycles. The van der Waals surface area contributed by atoms with E-state index < -0.39 is 0 Å². The molecule has 0 radical (unpaired) electrons. The smallest absolute Gasteiger partial charge is 0.127 e. The zero-order valence-electron chi connectivity index (χ0n) is 13.2. The Hall–Kier alpha value is -1.00. The first-order valence-electron chi connectivity index (χ1n) is 7.05. The monoisotopic (exact) mass is 284 g/mol. The molecule has 0 aromatic rings. The summed E-state index contributed by atoms with van der Waals surface area (Å²) in [5.74, 6) is 0.334. The Morgan fingerprint density at radius 3 is 2.50 bits per heavy atom. The molecule has 1 fully saturated rings. The zero-order chi connectivity index (χ0) is 15.2. The van der Waals surface area contributed by atoms with Crippen molar-refractivity contribution in [2.45, 2.75) is 50.4 Å². The van der Waals surface area contributed by atoms with Gasteiger partial charge in [-0.3, -0.25) is 0 Å². The van der Waals surface area contributed by atoms with Crippen molar-refractivity contribution in [1.29, 1.82) is 0 Å². The van der Waals surface area contributed by atoms with Crippen molar-refractivity contribution >= 4 is 0 Å².